The lowest BCUT2D eigenvalue weighted by molar-refractivity contribution is 0.249. The highest BCUT2D eigenvalue weighted by atomic mass is 35.5. The molecule has 2 heterocycles. The number of sulfonamides is 1. The number of fused-ring (bicyclic) bond motifs is 2. The first kappa shape index (κ1) is 17.5. The van der Waals surface area contributed by atoms with Gasteiger partial charge in [0.15, 0.2) is 0 Å². The summed E-state index contributed by atoms with van der Waals surface area (Å²) in [7, 11) is -6.97. The first-order valence-corrected chi connectivity index (χ1v) is 11.4. The van der Waals surface area contributed by atoms with Gasteiger partial charge < -0.3 is 0 Å². The number of hydrogen-bond donors (Lipinski definition) is 0. The van der Waals surface area contributed by atoms with E-state index < -0.39 is 25.1 Å². The van der Waals surface area contributed by atoms with Crippen LogP contribution in [-0.4, -0.2) is 44.7 Å². The Morgan fingerprint density at radius 1 is 1.04 bits per heavy atom. The molecule has 1 aromatic carbocycles. The minimum Gasteiger partial charge on any atom is -0.229 e. The highest BCUT2D eigenvalue weighted by Crippen LogP contribution is 2.42. The van der Waals surface area contributed by atoms with E-state index in [9.17, 15) is 16.8 Å². The Morgan fingerprint density at radius 2 is 1.61 bits per heavy atom. The average molecular weight is 398 g/mol. The summed E-state index contributed by atoms with van der Waals surface area (Å²) in [5.74, 6) is 0. The van der Waals surface area contributed by atoms with Gasteiger partial charge >= 0.3 is 0 Å². The van der Waals surface area contributed by atoms with Crippen molar-refractivity contribution in [2.45, 2.75) is 47.9 Å². The van der Waals surface area contributed by atoms with E-state index in [-0.39, 0.29) is 22.0 Å². The molecule has 2 bridgehead atoms. The summed E-state index contributed by atoms with van der Waals surface area (Å²) in [5.41, 5.74) is 0. The fraction of sp³-hybridized carbons (Fsp3) is 0.571. The zero-order chi connectivity index (χ0) is 17.0. The van der Waals surface area contributed by atoms with Crippen molar-refractivity contribution < 1.29 is 16.8 Å². The van der Waals surface area contributed by atoms with Crippen LogP contribution in [0.1, 0.15) is 25.7 Å². The molecule has 3 rings (SSSR count). The number of sulfone groups is 1. The highest BCUT2D eigenvalue weighted by molar-refractivity contribution is 7.91. The van der Waals surface area contributed by atoms with E-state index in [1.54, 1.807) is 0 Å². The predicted octanol–water partition coefficient (Wildman–Crippen LogP) is 2.72. The second-order valence-corrected chi connectivity index (χ2v) is 11.2. The van der Waals surface area contributed by atoms with Gasteiger partial charge in [-0.3, -0.25) is 0 Å². The van der Waals surface area contributed by atoms with Crippen molar-refractivity contribution in [3.8, 4) is 0 Å². The molecular formula is C14H17Cl2NO4S2. The summed E-state index contributed by atoms with van der Waals surface area (Å²) in [4.78, 5) is -0.0126. The molecule has 5 nitrogen and oxygen atoms in total. The van der Waals surface area contributed by atoms with Crippen LogP contribution in [0.4, 0.5) is 0 Å². The van der Waals surface area contributed by atoms with Crippen LogP contribution in [0.15, 0.2) is 23.1 Å². The molecule has 23 heavy (non-hydrogen) atoms. The molecule has 2 unspecified atom stereocenters. The Balaban J connectivity index is 1.98. The zero-order valence-electron chi connectivity index (χ0n) is 12.4. The molecule has 0 saturated carbocycles. The predicted molar refractivity (Wildman–Crippen MR) is 90.2 cm³/mol. The normalized spacial score (nSPS) is 28.9. The van der Waals surface area contributed by atoms with Gasteiger partial charge in [0.1, 0.15) is 14.7 Å². The van der Waals surface area contributed by atoms with Crippen LogP contribution in [-0.2, 0) is 19.9 Å². The van der Waals surface area contributed by atoms with Crippen molar-refractivity contribution in [1.82, 2.24) is 4.31 Å². The van der Waals surface area contributed by atoms with Gasteiger partial charge in [0.2, 0.25) is 10.0 Å². The third kappa shape index (κ3) is 3.14. The van der Waals surface area contributed by atoms with Crippen molar-refractivity contribution in [3.63, 3.8) is 0 Å². The van der Waals surface area contributed by atoms with Crippen molar-refractivity contribution in [2.75, 3.05) is 6.26 Å². The second-order valence-electron chi connectivity index (χ2n) is 6.22. The largest absolute Gasteiger partial charge is 0.245 e. The van der Waals surface area contributed by atoms with Crippen LogP contribution in [0.3, 0.4) is 0 Å². The van der Waals surface area contributed by atoms with Crippen molar-refractivity contribution in [1.29, 1.82) is 0 Å². The smallest absolute Gasteiger partial charge is 0.229 e. The Morgan fingerprint density at radius 3 is 2.13 bits per heavy atom. The maximum absolute atomic E-state index is 13.0. The minimum absolute atomic E-state index is 0.0126. The maximum atomic E-state index is 13.0. The number of halogens is 2. The standard InChI is InChI=1S/C14H17Cl2NO4S2/c1-22(18,19)12-7-10-3-4-11(8-12)17(10)23(20,21)14-6-9(15)2-5-13(14)16/h2,5-6,10-12H,3-4,7-8H2,1H3. The molecular weight excluding hydrogens is 381 g/mol. The lowest BCUT2D eigenvalue weighted by Gasteiger charge is -2.37. The number of nitrogens with zero attached hydrogens (tertiary/aromatic N) is 1. The van der Waals surface area contributed by atoms with Crippen LogP contribution in [0, 0.1) is 0 Å². The fourth-order valence-corrected chi connectivity index (χ4v) is 7.39. The fourth-order valence-electron chi connectivity index (χ4n) is 3.61. The van der Waals surface area contributed by atoms with Gasteiger partial charge in [-0.2, -0.15) is 4.31 Å². The average Bonchev–Trinajstić information content (AvgIpc) is 2.72. The second kappa shape index (κ2) is 5.88. The first-order valence-electron chi connectivity index (χ1n) is 7.28. The van der Waals surface area contributed by atoms with Gasteiger partial charge in [-0.1, -0.05) is 23.2 Å². The van der Waals surface area contributed by atoms with Gasteiger partial charge in [0.05, 0.1) is 10.3 Å². The molecule has 0 aromatic heterocycles. The number of benzene rings is 1. The van der Waals surface area contributed by atoms with E-state index in [4.69, 9.17) is 23.2 Å². The summed E-state index contributed by atoms with van der Waals surface area (Å²) in [6.07, 6.45) is 3.25. The molecule has 0 amide bonds. The number of hydrogen-bond acceptors (Lipinski definition) is 4. The quantitative estimate of drug-likeness (QED) is 0.785. The van der Waals surface area contributed by atoms with Crippen LogP contribution in [0.5, 0.6) is 0 Å². The molecule has 0 radical (unpaired) electrons. The van der Waals surface area contributed by atoms with Crippen molar-refractivity contribution in [3.05, 3.63) is 28.2 Å². The van der Waals surface area contributed by atoms with Gasteiger partial charge in [-0.05, 0) is 43.9 Å². The van der Waals surface area contributed by atoms with Gasteiger partial charge in [0.25, 0.3) is 0 Å². The summed E-state index contributed by atoms with van der Waals surface area (Å²) in [6, 6.07) is 3.75. The van der Waals surface area contributed by atoms with E-state index in [1.807, 2.05) is 0 Å². The van der Waals surface area contributed by atoms with E-state index in [2.05, 4.69) is 0 Å². The van der Waals surface area contributed by atoms with Crippen molar-refractivity contribution in [2.24, 2.45) is 0 Å². The van der Waals surface area contributed by atoms with Crippen LogP contribution >= 0.6 is 23.2 Å². The molecule has 2 saturated heterocycles. The van der Waals surface area contributed by atoms with E-state index in [0.717, 1.165) is 0 Å². The summed E-state index contributed by atoms with van der Waals surface area (Å²) < 4.78 is 51.1. The maximum Gasteiger partial charge on any atom is 0.245 e. The molecule has 0 spiro atoms. The van der Waals surface area contributed by atoms with Gasteiger partial charge in [0, 0.05) is 23.4 Å². The summed E-state index contributed by atoms with van der Waals surface area (Å²) in [6.45, 7) is 0. The minimum atomic E-state index is -3.80. The third-order valence-electron chi connectivity index (χ3n) is 4.68. The van der Waals surface area contributed by atoms with Gasteiger partial charge in [-0.15, -0.1) is 0 Å². The molecule has 9 heteroatoms. The molecule has 2 fully saturated rings. The number of piperidine rings is 1. The Kier molecular flexibility index (Phi) is 4.47. The van der Waals surface area contributed by atoms with Crippen LogP contribution in [0.25, 0.3) is 0 Å². The third-order valence-corrected chi connectivity index (χ3v) is 8.99. The number of rotatable bonds is 3. The van der Waals surface area contributed by atoms with Crippen LogP contribution in [0.2, 0.25) is 10.0 Å². The van der Waals surface area contributed by atoms with Gasteiger partial charge in [-0.25, -0.2) is 16.8 Å². The topological polar surface area (TPSA) is 71.5 Å². The molecule has 1 aromatic rings. The Hall–Kier alpha value is -0.340. The molecule has 0 N–H and O–H groups in total. The van der Waals surface area contributed by atoms with Crippen molar-refractivity contribution >= 4 is 43.1 Å². The molecule has 0 aliphatic carbocycles. The lowest BCUT2D eigenvalue weighted by Crippen LogP contribution is -2.49. The molecule has 2 aliphatic rings. The first-order chi connectivity index (χ1) is 10.6. The van der Waals surface area contributed by atoms with E-state index in [1.165, 1.54) is 28.8 Å². The monoisotopic (exact) mass is 397 g/mol. The molecule has 2 atom stereocenters. The van der Waals surface area contributed by atoms with E-state index >= 15 is 0 Å². The Labute approximate surface area is 146 Å². The highest BCUT2D eigenvalue weighted by Gasteiger charge is 2.49. The Bertz CT molecular complexity index is 824. The van der Waals surface area contributed by atoms with Crippen LogP contribution < -0.4 is 0 Å². The van der Waals surface area contributed by atoms with E-state index in [0.29, 0.717) is 30.7 Å². The summed E-state index contributed by atoms with van der Waals surface area (Å²) in [5, 5.41) is -0.0494. The zero-order valence-corrected chi connectivity index (χ0v) is 15.6. The lowest BCUT2D eigenvalue weighted by atomic mass is 10.1. The SMILES string of the molecule is CS(=O)(=O)C1CC2CCC(C1)N2S(=O)(=O)c1cc(Cl)ccc1Cl. The molecule has 2 aliphatic heterocycles. The summed E-state index contributed by atoms with van der Waals surface area (Å²) >= 11 is 12.0. The molecule has 128 valence electrons.